The molecule has 1 aromatic carbocycles. The van der Waals surface area contributed by atoms with Crippen LogP contribution in [0.25, 0.3) is 11.4 Å². The second-order valence-corrected chi connectivity index (χ2v) is 9.23. The molecular formula is C19H19N5O3S3. The zero-order chi connectivity index (χ0) is 20.8. The lowest BCUT2D eigenvalue weighted by Gasteiger charge is -2.07. The molecule has 8 nitrogen and oxygen atoms in total. The highest BCUT2D eigenvalue weighted by Gasteiger charge is 2.15. The van der Waals surface area contributed by atoms with Gasteiger partial charge in [0.15, 0.2) is 4.34 Å². The summed E-state index contributed by atoms with van der Waals surface area (Å²) >= 11 is 4.78. The van der Waals surface area contributed by atoms with Crippen LogP contribution in [0.1, 0.15) is 10.8 Å². The fourth-order valence-electron chi connectivity index (χ4n) is 2.62. The molecule has 0 fully saturated rings. The van der Waals surface area contributed by atoms with Gasteiger partial charge in [0.05, 0.1) is 25.5 Å². The maximum absolute atomic E-state index is 5.41. The fourth-order valence-corrected chi connectivity index (χ4v) is 4.94. The van der Waals surface area contributed by atoms with Gasteiger partial charge in [-0.05, 0) is 30.0 Å². The van der Waals surface area contributed by atoms with E-state index < -0.39 is 0 Å². The normalized spacial score (nSPS) is 10.9. The maximum atomic E-state index is 5.41. The zero-order valence-electron chi connectivity index (χ0n) is 16.3. The highest BCUT2D eigenvalue weighted by molar-refractivity contribution is 8.00. The molecule has 0 saturated carbocycles. The van der Waals surface area contributed by atoms with Crippen LogP contribution in [0, 0.1) is 0 Å². The van der Waals surface area contributed by atoms with Gasteiger partial charge in [-0.3, -0.25) is 0 Å². The fraction of sp³-hybridized carbons (Fsp3) is 0.263. The summed E-state index contributed by atoms with van der Waals surface area (Å²) in [5.74, 6) is 2.81. The van der Waals surface area contributed by atoms with E-state index in [9.17, 15) is 0 Å². The molecule has 0 amide bonds. The van der Waals surface area contributed by atoms with Crippen molar-refractivity contribution in [3.63, 3.8) is 0 Å². The smallest absolute Gasteiger partial charge is 0.237 e. The summed E-state index contributed by atoms with van der Waals surface area (Å²) in [5.41, 5.74) is 0.742. The van der Waals surface area contributed by atoms with E-state index in [1.165, 1.54) is 28.0 Å². The molecular weight excluding hydrogens is 442 g/mol. The Morgan fingerprint density at radius 2 is 2.10 bits per heavy atom. The molecule has 0 aliphatic heterocycles. The lowest BCUT2D eigenvalue weighted by molar-refractivity contribution is 0.388. The number of thioether (sulfide) groups is 1. The monoisotopic (exact) mass is 461 g/mol. The van der Waals surface area contributed by atoms with Crippen LogP contribution in [0.5, 0.6) is 11.5 Å². The number of benzene rings is 1. The van der Waals surface area contributed by atoms with Gasteiger partial charge in [-0.1, -0.05) is 34.3 Å². The molecule has 0 atom stereocenters. The maximum Gasteiger partial charge on any atom is 0.237 e. The van der Waals surface area contributed by atoms with Crippen LogP contribution in [0.2, 0.25) is 0 Å². The number of aromatic nitrogens is 4. The standard InChI is InChI=1S/C19H19N5O3S3/c1-25-12-5-6-14(15(10-12)26-2)17-21-16(27-24-17)11-29-19-23-22-18(30-19)20-8-7-13-4-3-9-28-13/h3-6,9-10H,7-8,11H2,1-2H3,(H,20,22). The minimum absolute atomic E-state index is 0.471. The van der Waals surface area contributed by atoms with E-state index in [-0.39, 0.29) is 0 Å². The van der Waals surface area contributed by atoms with E-state index >= 15 is 0 Å². The van der Waals surface area contributed by atoms with Gasteiger partial charge in [-0.2, -0.15) is 4.98 Å². The van der Waals surface area contributed by atoms with Crippen molar-refractivity contribution in [2.24, 2.45) is 0 Å². The number of hydrogen-bond donors (Lipinski definition) is 1. The van der Waals surface area contributed by atoms with E-state index in [1.54, 1.807) is 31.6 Å². The van der Waals surface area contributed by atoms with Crippen LogP contribution in [-0.4, -0.2) is 41.1 Å². The van der Waals surface area contributed by atoms with Crippen molar-refractivity contribution in [1.29, 1.82) is 0 Å². The summed E-state index contributed by atoms with van der Waals surface area (Å²) < 4.78 is 16.9. The average molecular weight is 462 g/mol. The molecule has 0 aliphatic rings. The number of nitrogens with one attached hydrogen (secondary N) is 1. The van der Waals surface area contributed by atoms with Crippen LogP contribution < -0.4 is 14.8 Å². The molecule has 11 heteroatoms. The van der Waals surface area contributed by atoms with Crippen molar-refractivity contribution in [3.8, 4) is 22.9 Å². The van der Waals surface area contributed by atoms with Crippen LogP contribution in [0.15, 0.2) is 44.6 Å². The minimum atomic E-state index is 0.471. The van der Waals surface area contributed by atoms with Gasteiger partial charge in [0.25, 0.3) is 0 Å². The van der Waals surface area contributed by atoms with E-state index in [0.717, 1.165) is 28.0 Å². The Morgan fingerprint density at radius 1 is 1.17 bits per heavy atom. The van der Waals surface area contributed by atoms with Crippen molar-refractivity contribution in [3.05, 3.63) is 46.5 Å². The number of ether oxygens (including phenoxy) is 2. The SMILES string of the molecule is COc1ccc(-c2noc(CSc3nnc(NCCc4cccs4)s3)n2)c(OC)c1. The Kier molecular flexibility index (Phi) is 6.82. The van der Waals surface area contributed by atoms with Gasteiger partial charge in [-0.15, -0.1) is 21.5 Å². The van der Waals surface area contributed by atoms with Crippen molar-refractivity contribution in [2.75, 3.05) is 26.1 Å². The number of hydrogen-bond acceptors (Lipinski definition) is 11. The van der Waals surface area contributed by atoms with Crippen LogP contribution >= 0.6 is 34.4 Å². The average Bonchev–Trinajstić information content (AvgIpc) is 3.54. The quantitative estimate of drug-likeness (QED) is 0.340. The summed E-state index contributed by atoms with van der Waals surface area (Å²) in [6.45, 7) is 0.830. The summed E-state index contributed by atoms with van der Waals surface area (Å²) in [5, 5.41) is 18.7. The second-order valence-electron chi connectivity index (χ2n) is 6.00. The lowest BCUT2D eigenvalue weighted by atomic mass is 10.2. The van der Waals surface area contributed by atoms with Crippen molar-refractivity contribution < 1.29 is 14.0 Å². The molecule has 1 N–H and O–H groups in total. The van der Waals surface area contributed by atoms with E-state index in [4.69, 9.17) is 14.0 Å². The molecule has 0 spiro atoms. The van der Waals surface area contributed by atoms with Crippen molar-refractivity contribution >= 4 is 39.6 Å². The summed E-state index contributed by atoms with van der Waals surface area (Å²) in [4.78, 5) is 5.82. The minimum Gasteiger partial charge on any atom is -0.497 e. The highest BCUT2D eigenvalue weighted by Crippen LogP contribution is 2.33. The molecule has 4 aromatic rings. The highest BCUT2D eigenvalue weighted by atomic mass is 32.2. The first kappa shape index (κ1) is 20.6. The van der Waals surface area contributed by atoms with Crippen molar-refractivity contribution in [2.45, 2.75) is 16.5 Å². The molecule has 0 bridgehead atoms. The van der Waals surface area contributed by atoms with Crippen LogP contribution in [0.3, 0.4) is 0 Å². The Bertz CT molecular complexity index is 1080. The van der Waals surface area contributed by atoms with Crippen LogP contribution in [-0.2, 0) is 12.2 Å². The third-order valence-electron chi connectivity index (χ3n) is 4.07. The first-order chi connectivity index (χ1) is 14.7. The third-order valence-corrected chi connectivity index (χ3v) is 7.01. The molecule has 0 aliphatic carbocycles. The Morgan fingerprint density at radius 3 is 2.90 bits per heavy atom. The Balaban J connectivity index is 1.32. The van der Waals surface area contributed by atoms with E-state index in [2.05, 4.69) is 43.2 Å². The molecule has 3 heterocycles. The molecule has 3 aromatic heterocycles. The molecule has 0 unspecified atom stereocenters. The molecule has 0 radical (unpaired) electrons. The van der Waals surface area contributed by atoms with Gasteiger partial charge in [0.1, 0.15) is 11.5 Å². The molecule has 0 saturated heterocycles. The first-order valence-electron chi connectivity index (χ1n) is 9.02. The number of rotatable bonds is 10. The van der Waals surface area contributed by atoms with E-state index in [1.807, 2.05) is 12.1 Å². The van der Waals surface area contributed by atoms with Gasteiger partial charge in [0.2, 0.25) is 16.8 Å². The summed E-state index contributed by atoms with van der Waals surface area (Å²) in [6.07, 6.45) is 0.972. The first-order valence-corrected chi connectivity index (χ1v) is 11.7. The Labute approximate surface area is 185 Å². The summed E-state index contributed by atoms with van der Waals surface area (Å²) in [6, 6.07) is 9.66. The molecule has 156 valence electrons. The van der Waals surface area contributed by atoms with Gasteiger partial charge < -0.3 is 19.3 Å². The second kappa shape index (κ2) is 9.92. The predicted octanol–water partition coefficient (Wildman–Crippen LogP) is 4.61. The number of anilines is 1. The zero-order valence-corrected chi connectivity index (χ0v) is 18.8. The largest absolute Gasteiger partial charge is 0.497 e. The number of methoxy groups -OCH3 is 2. The predicted molar refractivity (Wildman–Crippen MR) is 119 cm³/mol. The van der Waals surface area contributed by atoms with Crippen LogP contribution in [0.4, 0.5) is 5.13 Å². The molecule has 4 rings (SSSR count). The van der Waals surface area contributed by atoms with Gasteiger partial charge >= 0.3 is 0 Å². The third kappa shape index (κ3) is 5.10. The number of nitrogens with zero attached hydrogens (tertiary/aromatic N) is 4. The number of thiophene rings is 1. The van der Waals surface area contributed by atoms with Gasteiger partial charge in [0, 0.05) is 17.5 Å². The van der Waals surface area contributed by atoms with Crippen molar-refractivity contribution in [1.82, 2.24) is 20.3 Å². The lowest BCUT2D eigenvalue weighted by Crippen LogP contribution is -2.03. The van der Waals surface area contributed by atoms with E-state index in [0.29, 0.717) is 29.0 Å². The van der Waals surface area contributed by atoms with Gasteiger partial charge in [-0.25, -0.2) is 0 Å². The summed E-state index contributed by atoms with van der Waals surface area (Å²) in [7, 11) is 3.20. The Hall–Kier alpha value is -2.63. The molecule has 30 heavy (non-hydrogen) atoms. The topological polar surface area (TPSA) is 95.2 Å².